The van der Waals surface area contributed by atoms with Crippen LogP contribution < -0.4 is 5.32 Å². The summed E-state index contributed by atoms with van der Waals surface area (Å²) in [7, 11) is 0. The van der Waals surface area contributed by atoms with Gasteiger partial charge in [-0.3, -0.25) is 0 Å². The second-order valence-corrected chi connectivity index (χ2v) is 5.49. The van der Waals surface area contributed by atoms with Gasteiger partial charge in [0, 0.05) is 35.4 Å². The minimum absolute atomic E-state index is 0.761. The van der Waals surface area contributed by atoms with Crippen LogP contribution in [-0.2, 0) is 6.54 Å². The number of fused-ring (bicyclic) bond motifs is 1. The first kappa shape index (κ1) is 13.1. The zero-order valence-corrected chi connectivity index (χ0v) is 12.1. The van der Waals surface area contributed by atoms with E-state index >= 15 is 0 Å². The van der Waals surface area contributed by atoms with Gasteiger partial charge in [-0.1, -0.05) is 25.1 Å². The summed E-state index contributed by atoms with van der Waals surface area (Å²) >= 11 is 1.55. The Morgan fingerprint density at radius 1 is 1.20 bits per heavy atom. The fraction of sp³-hybridized carbons (Fsp3) is 0.200. The minimum Gasteiger partial charge on any atom is -0.349 e. The van der Waals surface area contributed by atoms with Gasteiger partial charge >= 0.3 is 0 Å². The zero-order chi connectivity index (χ0) is 13.8. The van der Waals surface area contributed by atoms with Crippen LogP contribution in [0.4, 0.5) is 0 Å². The number of benzene rings is 1. The van der Waals surface area contributed by atoms with Crippen LogP contribution in [0.2, 0.25) is 0 Å². The standard InChI is InChI=1S/C15H16N4S/c1-2-16-8-11-9-17-15(18-10-11)20-14-7-12-5-3-4-6-13(12)19-14/h3-7,9-10,16,19H,2,8H2,1H3. The van der Waals surface area contributed by atoms with E-state index in [9.17, 15) is 0 Å². The Balaban J connectivity index is 1.73. The highest BCUT2D eigenvalue weighted by atomic mass is 32.2. The molecule has 0 fully saturated rings. The fourth-order valence-corrected chi connectivity index (χ4v) is 2.71. The zero-order valence-electron chi connectivity index (χ0n) is 11.3. The molecule has 0 saturated heterocycles. The number of nitrogens with zero attached hydrogens (tertiary/aromatic N) is 2. The van der Waals surface area contributed by atoms with Crippen LogP contribution in [0.5, 0.6) is 0 Å². The third kappa shape index (κ3) is 3.00. The molecule has 0 radical (unpaired) electrons. The lowest BCUT2D eigenvalue weighted by molar-refractivity contribution is 0.716. The van der Waals surface area contributed by atoms with Crippen molar-refractivity contribution in [2.75, 3.05) is 6.54 Å². The molecular formula is C15H16N4S. The van der Waals surface area contributed by atoms with E-state index in [2.05, 4.69) is 45.4 Å². The summed E-state index contributed by atoms with van der Waals surface area (Å²) in [5.74, 6) is 0. The summed E-state index contributed by atoms with van der Waals surface area (Å²) < 4.78 is 0. The molecule has 0 aliphatic rings. The summed E-state index contributed by atoms with van der Waals surface area (Å²) in [5.41, 5.74) is 2.24. The first-order valence-electron chi connectivity index (χ1n) is 6.62. The van der Waals surface area contributed by atoms with Gasteiger partial charge in [-0.2, -0.15) is 0 Å². The van der Waals surface area contributed by atoms with E-state index in [-0.39, 0.29) is 0 Å². The van der Waals surface area contributed by atoms with Crippen molar-refractivity contribution < 1.29 is 0 Å². The first-order chi connectivity index (χ1) is 9.85. The van der Waals surface area contributed by atoms with Crippen LogP contribution in [0.15, 0.2) is 52.9 Å². The highest BCUT2D eigenvalue weighted by Gasteiger charge is 2.04. The Labute approximate surface area is 122 Å². The predicted octanol–water partition coefficient (Wildman–Crippen LogP) is 3.22. The van der Waals surface area contributed by atoms with Crippen LogP contribution in [0.25, 0.3) is 10.9 Å². The average Bonchev–Trinajstić information content (AvgIpc) is 2.89. The summed E-state index contributed by atoms with van der Waals surface area (Å²) in [5, 5.41) is 6.29. The fourth-order valence-electron chi connectivity index (χ4n) is 1.96. The molecule has 5 heteroatoms. The van der Waals surface area contributed by atoms with E-state index in [4.69, 9.17) is 0 Å². The molecule has 20 heavy (non-hydrogen) atoms. The van der Waals surface area contributed by atoms with Crippen molar-refractivity contribution in [2.24, 2.45) is 0 Å². The molecule has 0 aliphatic carbocycles. The molecule has 0 saturated carbocycles. The van der Waals surface area contributed by atoms with Gasteiger partial charge in [-0.25, -0.2) is 9.97 Å². The van der Waals surface area contributed by atoms with Crippen molar-refractivity contribution in [1.82, 2.24) is 20.3 Å². The quantitative estimate of drug-likeness (QED) is 0.706. The second-order valence-electron chi connectivity index (χ2n) is 4.48. The van der Waals surface area contributed by atoms with Crippen molar-refractivity contribution in [2.45, 2.75) is 23.7 Å². The van der Waals surface area contributed by atoms with E-state index in [1.54, 1.807) is 11.8 Å². The molecule has 2 N–H and O–H groups in total. The summed E-state index contributed by atoms with van der Waals surface area (Å²) in [6.07, 6.45) is 3.75. The molecule has 1 aromatic carbocycles. The maximum absolute atomic E-state index is 4.39. The Bertz CT molecular complexity index is 657. The molecule has 2 aromatic heterocycles. The lowest BCUT2D eigenvalue weighted by atomic mass is 10.3. The molecule has 0 aliphatic heterocycles. The average molecular weight is 284 g/mol. The van der Waals surface area contributed by atoms with Crippen LogP contribution in [-0.4, -0.2) is 21.5 Å². The van der Waals surface area contributed by atoms with Gasteiger partial charge in [0.05, 0.1) is 5.03 Å². The molecule has 2 heterocycles. The van der Waals surface area contributed by atoms with Crippen molar-refractivity contribution in [1.29, 1.82) is 0 Å². The van der Waals surface area contributed by atoms with Crippen LogP contribution in [0.3, 0.4) is 0 Å². The van der Waals surface area contributed by atoms with Crippen molar-refractivity contribution in [3.8, 4) is 0 Å². The lowest BCUT2D eigenvalue weighted by Crippen LogP contribution is -2.12. The van der Waals surface area contributed by atoms with Crippen LogP contribution in [0.1, 0.15) is 12.5 Å². The Hall–Kier alpha value is -1.85. The van der Waals surface area contributed by atoms with Gasteiger partial charge in [0.2, 0.25) is 0 Å². The Morgan fingerprint density at radius 3 is 2.75 bits per heavy atom. The molecule has 0 atom stereocenters. The maximum Gasteiger partial charge on any atom is 0.193 e. The Morgan fingerprint density at radius 2 is 2.00 bits per heavy atom. The molecule has 0 unspecified atom stereocenters. The highest BCUT2D eigenvalue weighted by Crippen LogP contribution is 2.27. The second kappa shape index (κ2) is 6.07. The molecule has 3 rings (SSSR count). The SMILES string of the molecule is CCNCc1cnc(Sc2cc3ccccc3[nH]2)nc1. The predicted molar refractivity (Wildman–Crippen MR) is 81.8 cm³/mol. The number of aromatic amines is 1. The van der Waals surface area contributed by atoms with Gasteiger partial charge in [-0.15, -0.1) is 0 Å². The number of para-hydroxylation sites is 1. The van der Waals surface area contributed by atoms with Gasteiger partial charge in [-0.05, 0) is 30.4 Å². The van der Waals surface area contributed by atoms with E-state index in [1.807, 2.05) is 24.5 Å². The van der Waals surface area contributed by atoms with E-state index in [1.165, 1.54) is 5.39 Å². The van der Waals surface area contributed by atoms with Crippen LogP contribution >= 0.6 is 11.8 Å². The van der Waals surface area contributed by atoms with E-state index < -0.39 is 0 Å². The summed E-state index contributed by atoms with van der Waals surface area (Å²) in [6, 6.07) is 10.3. The monoisotopic (exact) mass is 284 g/mol. The number of hydrogen-bond acceptors (Lipinski definition) is 4. The van der Waals surface area contributed by atoms with Crippen molar-refractivity contribution in [3.63, 3.8) is 0 Å². The number of rotatable bonds is 5. The van der Waals surface area contributed by atoms with Gasteiger partial charge in [0.1, 0.15) is 0 Å². The van der Waals surface area contributed by atoms with Crippen LogP contribution in [0, 0.1) is 0 Å². The van der Waals surface area contributed by atoms with Crippen molar-refractivity contribution in [3.05, 3.63) is 48.3 Å². The number of aromatic nitrogens is 3. The molecule has 0 spiro atoms. The molecular weight excluding hydrogens is 268 g/mol. The number of H-pyrrole nitrogens is 1. The molecule has 0 amide bonds. The summed E-state index contributed by atoms with van der Waals surface area (Å²) in [4.78, 5) is 12.1. The third-order valence-corrected chi connectivity index (χ3v) is 3.80. The normalized spacial score (nSPS) is 11.1. The molecule has 3 aromatic rings. The highest BCUT2D eigenvalue weighted by molar-refractivity contribution is 7.99. The summed E-state index contributed by atoms with van der Waals surface area (Å²) in [6.45, 7) is 3.85. The maximum atomic E-state index is 4.39. The van der Waals surface area contributed by atoms with E-state index in [0.29, 0.717) is 0 Å². The van der Waals surface area contributed by atoms with Gasteiger partial charge in [0.15, 0.2) is 5.16 Å². The molecule has 102 valence electrons. The lowest BCUT2D eigenvalue weighted by Gasteiger charge is -2.02. The molecule has 0 bridgehead atoms. The van der Waals surface area contributed by atoms with Gasteiger partial charge in [0.25, 0.3) is 0 Å². The smallest absolute Gasteiger partial charge is 0.193 e. The topological polar surface area (TPSA) is 53.6 Å². The molecule has 4 nitrogen and oxygen atoms in total. The van der Waals surface area contributed by atoms with Crippen molar-refractivity contribution >= 4 is 22.7 Å². The third-order valence-electron chi connectivity index (χ3n) is 2.97. The number of hydrogen-bond donors (Lipinski definition) is 2. The first-order valence-corrected chi connectivity index (χ1v) is 7.44. The largest absolute Gasteiger partial charge is 0.349 e. The Kier molecular flexibility index (Phi) is 3.99. The number of nitrogens with one attached hydrogen (secondary N) is 2. The van der Waals surface area contributed by atoms with E-state index in [0.717, 1.165) is 34.4 Å². The van der Waals surface area contributed by atoms with Gasteiger partial charge < -0.3 is 10.3 Å². The minimum atomic E-state index is 0.761.